The first-order valence-corrected chi connectivity index (χ1v) is 11.7. The first kappa shape index (κ1) is 19.3. The Labute approximate surface area is 165 Å². The van der Waals surface area contributed by atoms with Gasteiger partial charge in [0.25, 0.3) is 5.91 Å². The number of carbonyl (C=O) groups excluding carboxylic acids is 2. The van der Waals surface area contributed by atoms with Crippen molar-refractivity contribution >= 4 is 67.4 Å². The Hall–Kier alpha value is -1.49. The molecule has 2 aliphatic heterocycles. The molecule has 1 aromatic rings. The molecule has 1 atom stereocenters. The van der Waals surface area contributed by atoms with Crippen LogP contribution in [0.1, 0.15) is 17.7 Å². The van der Waals surface area contributed by atoms with Gasteiger partial charge in [0.05, 0.1) is 16.7 Å². The van der Waals surface area contributed by atoms with Crippen molar-refractivity contribution in [1.29, 1.82) is 0 Å². The van der Waals surface area contributed by atoms with Gasteiger partial charge in [0, 0.05) is 23.3 Å². The number of thiophene rings is 1. The monoisotopic (exact) mass is 428 g/mol. The van der Waals surface area contributed by atoms with Crippen LogP contribution < -0.4 is 5.32 Å². The summed E-state index contributed by atoms with van der Waals surface area (Å²) in [6.45, 7) is 0.360. The molecule has 0 saturated carbocycles. The Kier molecular flexibility index (Phi) is 5.96. The van der Waals surface area contributed by atoms with E-state index in [1.807, 2.05) is 23.6 Å². The lowest BCUT2D eigenvalue weighted by atomic mass is 10.2. The number of rotatable bonds is 6. The third kappa shape index (κ3) is 4.81. The van der Waals surface area contributed by atoms with E-state index < -0.39 is 15.9 Å². The highest BCUT2D eigenvalue weighted by Crippen LogP contribution is 2.33. The van der Waals surface area contributed by atoms with E-state index in [4.69, 9.17) is 12.2 Å². The van der Waals surface area contributed by atoms with Gasteiger partial charge in [0.1, 0.15) is 4.32 Å². The van der Waals surface area contributed by atoms with Crippen molar-refractivity contribution in [2.24, 2.45) is 0 Å². The highest BCUT2D eigenvalue weighted by Gasteiger charge is 2.31. The van der Waals surface area contributed by atoms with E-state index in [9.17, 15) is 18.0 Å². The maximum atomic E-state index is 12.4. The van der Waals surface area contributed by atoms with Crippen molar-refractivity contribution < 1.29 is 18.0 Å². The van der Waals surface area contributed by atoms with E-state index in [2.05, 4.69) is 5.32 Å². The van der Waals surface area contributed by atoms with E-state index >= 15 is 0 Å². The minimum atomic E-state index is -3.19. The van der Waals surface area contributed by atoms with Crippen molar-refractivity contribution in [3.05, 3.63) is 38.8 Å². The molecular formula is C16H16N2O4S4. The largest absolute Gasteiger partial charge is 0.349 e. The Morgan fingerprint density at radius 2 is 2.27 bits per heavy atom. The molecule has 0 aliphatic carbocycles. The lowest BCUT2D eigenvalue weighted by Crippen LogP contribution is -2.36. The SMILES string of the molecule is O=C(CCCN1C(=O)/C(=C\c2cccs2)SC1=S)NC1C=CS(=O)(=O)C1. The highest BCUT2D eigenvalue weighted by molar-refractivity contribution is 8.26. The Morgan fingerprint density at radius 1 is 1.46 bits per heavy atom. The van der Waals surface area contributed by atoms with E-state index in [1.54, 1.807) is 11.3 Å². The van der Waals surface area contributed by atoms with Crippen LogP contribution in [-0.4, -0.2) is 47.8 Å². The van der Waals surface area contributed by atoms with Gasteiger partial charge in [-0.05, 0) is 30.0 Å². The molecule has 3 rings (SSSR count). The highest BCUT2D eigenvalue weighted by atomic mass is 32.2. The van der Waals surface area contributed by atoms with Gasteiger partial charge in [0.15, 0.2) is 9.84 Å². The van der Waals surface area contributed by atoms with Gasteiger partial charge in [-0.2, -0.15) is 0 Å². The molecule has 1 unspecified atom stereocenters. The summed E-state index contributed by atoms with van der Waals surface area (Å²) in [7, 11) is -3.19. The molecule has 138 valence electrons. The third-order valence-electron chi connectivity index (χ3n) is 3.75. The molecule has 2 aliphatic rings. The molecule has 1 fully saturated rings. The smallest absolute Gasteiger partial charge is 0.266 e. The number of carbonyl (C=O) groups is 2. The first-order valence-electron chi connectivity index (χ1n) is 7.83. The summed E-state index contributed by atoms with van der Waals surface area (Å²) in [6, 6.07) is 3.37. The van der Waals surface area contributed by atoms with Crippen LogP contribution >= 0.6 is 35.3 Å². The zero-order valence-corrected chi connectivity index (χ0v) is 16.8. The fourth-order valence-corrected chi connectivity index (χ4v) is 5.80. The van der Waals surface area contributed by atoms with Crippen molar-refractivity contribution in [1.82, 2.24) is 10.2 Å². The number of hydrogen-bond donors (Lipinski definition) is 1. The van der Waals surface area contributed by atoms with Crippen molar-refractivity contribution in [2.45, 2.75) is 18.9 Å². The average Bonchev–Trinajstić information content (AvgIpc) is 3.25. The van der Waals surface area contributed by atoms with Gasteiger partial charge in [-0.25, -0.2) is 8.42 Å². The number of nitrogens with one attached hydrogen (secondary N) is 1. The standard InChI is InChI=1S/C16H16N2O4S4/c19-14(17-11-5-8-26(21,22)10-11)4-1-6-18-15(20)13(25-16(18)23)9-12-3-2-7-24-12/h2-3,5,7-9,11H,1,4,6,10H2,(H,17,19)/b13-9+. The molecule has 2 amide bonds. The second-order valence-corrected chi connectivity index (χ2v) is 10.4. The molecular weight excluding hydrogens is 412 g/mol. The zero-order chi connectivity index (χ0) is 18.7. The van der Waals surface area contributed by atoms with Crippen LogP contribution in [0.5, 0.6) is 0 Å². The Bertz CT molecular complexity index is 887. The Morgan fingerprint density at radius 3 is 2.92 bits per heavy atom. The summed E-state index contributed by atoms with van der Waals surface area (Å²) in [5, 5.41) is 5.73. The lowest BCUT2D eigenvalue weighted by Gasteiger charge is -2.15. The van der Waals surface area contributed by atoms with E-state index in [1.165, 1.54) is 22.7 Å². The Balaban J connectivity index is 1.47. The predicted molar refractivity (Wildman–Crippen MR) is 108 cm³/mol. The van der Waals surface area contributed by atoms with Gasteiger partial charge in [-0.15, -0.1) is 11.3 Å². The molecule has 10 heteroatoms. The number of nitrogens with zero attached hydrogens (tertiary/aromatic N) is 1. The fraction of sp³-hybridized carbons (Fsp3) is 0.312. The van der Waals surface area contributed by atoms with Crippen molar-refractivity contribution in [2.75, 3.05) is 12.3 Å². The quantitative estimate of drug-likeness (QED) is 0.552. The predicted octanol–water partition coefficient (Wildman–Crippen LogP) is 2.16. The second kappa shape index (κ2) is 8.03. The molecule has 0 radical (unpaired) electrons. The average molecular weight is 429 g/mol. The minimum absolute atomic E-state index is 0.0963. The summed E-state index contributed by atoms with van der Waals surface area (Å²) in [5.41, 5.74) is 0. The van der Waals surface area contributed by atoms with E-state index in [0.29, 0.717) is 22.2 Å². The summed E-state index contributed by atoms with van der Waals surface area (Å²) < 4.78 is 23.1. The molecule has 0 aromatic carbocycles. The topological polar surface area (TPSA) is 83.6 Å². The summed E-state index contributed by atoms with van der Waals surface area (Å²) in [6.07, 6.45) is 3.95. The summed E-state index contributed by atoms with van der Waals surface area (Å²) in [5.74, 6) is -0.476. The summed E-state index contributed by atoms with van der Waals surface area (Å²) >= 11 is 8.07. The van der Waals surface area contributed by atoms with E-state index in [-0.39, 0.29) is 24.0 Å². The van der Waals surface area contributed by atoms with Gasteiger partial charge >= 0.3 is 0 Å². The van der Waals surface area contributed by atoms with Crippen LogP contribution in [0.15, 0.2) is 33.9 Å². The molecule has 26 heavy (non-hydrogen) atoms. The van der Waals surface area contributed by atoms with Crippen LogP contribution in [0, 0.1) is 0 Å². The summed E-state index contributed by atoms with van der Waals surface area (Å²) in [4.78, 5) is 27.5. The number of sulfone groups is 1. The van der Waals surface area contributed by atoms with E-state index in [0.717, 1.165) is 10.3 Å². The molecule has 6 nitrogen and oxygen atoms in total. The van der Waals surface area contributed by atoms with Crippen LogP contribution in [0.25, 0.3) is 6.08 Å². The minimum Gasteiger partial charge on any atom is -0.349 e. The van der Waals surface area contributed by atoms with Gasteiger partial charge in [0.2, 0.25) is 5.91 Å². The fourth-order valence-electron chi connectivity index (χ4n) is 2.54. The second-order valence-electron chi connectivity index (χ2n) is 5.78. The van der Waals surface area contributed by atoms with Gasteiger partial charge in [-0.1, -0.05) is 30.0 Å². The molecule has 1 aromatic heterocycles. The number of amides is 2. The maximum absolute atomic E-state index is 12.4. The van der Waals surface area contributed by atoms with Crippen molar-refractivity contribution in [3.8, 4) is 0 Å². The number of hydrogen-bond acceptors (Lipinski definition) is 7. The van der Waals surface area contributed by atoms with Gasteiger partial charge in [-0.3, -0.25) is 14.5 Å². The molecule has 3 heterocycles. The molecule has 0 bridgehead atoms. The van der Waals surface area contributed by atoms with Crippen molar-refractivity contribution in [3.63, 3.8) is 0 Å². The molecule has 0 spiro atoms. The molecule has 1 N–H and O–H groups in total. The van der Waals surface area contributed by atoms with Crippen LogP contribution in [0.4, 0.5) is 0 Å². The van der Waals surface area contributed by atoms with Crippen LogP contribution in [0.3, 0.4) is 0 Å². The normalized spacial score (nSPS) is 23.2. The first-order chi connectivity index (χ1) is 12.3. The van der Waals surface area contributed by atoms with Crippen LogP contribution in [0.2, 0.25) is 0 Å². The maximum Gasteiger partial charge on any atom is 0.266 e. The number of thioether (sulfide) groups is 1. The lowest BCUT2D eigenvalue weighted by molar-refractivity contribution is -0.124. The number of thiocarbonyl (C=S) groups is 1. The zero-order valence-electron chi connectivity index (χ0n) is 13.6. The third-order valence-corrected chi connectivity index (χ3v) is 7.34. The van der Waals surface area contributed by atoms with Gasteiger partial charge < -0.3 is 5.32 Å². The van der Waals surface area contributed by atoms with Crippen LogP contribution in [-0.2, 0) is 19.4 Å². The molecule has 1 saturated heterocycles.